The van der Waals surface area contributed by atoms with Gasteiger partial charge in [0.05, 0.1) is 18.7 Å². The van der Waals surface area contributed by atoms with E-state index in [2.05, 4.69) is 5.32 Å². The van der Waals surface area contributed by atoms with Crippen LogP contribution in [0.1, 0.15) is 18.1 Å². The molecular weight excluding hydrogens is 346 g/mol. The molecule has 0 spiro atoms. The normalized spacial score (nSPS) is 16.5. The van der Waals surface area contributed by atoms with Gasteiger partial charge in [0, 0.05) is 0 Å². The molecule has 0 saturated heterocycles. The number of fused-ring (bicyclic) bond motifs is 1. The third-order valence-corrected chi connectivity index (χ3v) is 4.49. The highest BCUT2D eigenvalue weighted by molar-refractivity contribution is 5.96. The van der Waals surface area contributed by atoms with Crippen LogP contribution in [0.25, 0.3) is 0 Å². The first-order valence-electron chi connectivity index (χ1n) is 8.84. The van der Waals surface area contributed by atoms with Gasteiger partial charge in [-0.3, -0.25) is 9.59 Å². The molecule has 6 nitrogen and oxygen atoms in total. The van der Waals surface area contributed by atoms with Crippen molar-refractivity contribution in [1.29, 1.82) is 0 Å². The molecule has 1 heterocycles. The summed E-state index contributed by atoms with van der Waals surface area (Å²) in [4.78, 5) is 24.9. The van der Waals surface area contributed by atoms with E-state index in [1.165, 1.54) is 7.11 Å². The summed E-state index contributed by atoms with van der Waals surface area (Å²) in [5.74, 6) is 0.0556. The fourth-order valence-electron chi connectivity index (χ4n) is 2.96. The summed E-state index contributed by atoms with van der Waals surface area (Å²) in [7, 11) is 1.53. The van der Waals surface area contributed by atoms with Crippen molar-refractivity contribution in [3.8, 4) is 11.5 Å². The van der Waals surface area contributed by atoms with Gasteiger partial charge in [-0.2, -0.15) is 0 Å². The molecule has 1 aliphatic heterocycles. The second-order valence-corrected chi connectivity index (χ2v) is 6.59. The summed E-state index contributed by atoms with van der Waals surface area (Å²) in [6, 6.07) is 13.1. The lowest BCUT2D eigenvalue weighted by Gasteiger charge is -2.25. The molecule has 0 aliphatic carbocycles. The van der Waals surface area contributed by atoms with Gasteiger partial charge in [0.1, 0.15) is 18.1 Å². The second kappa shape index (κ2) is 8.12. The number of rotatable bonds is 5. The molecular formula is C21H23NO5. The van der Waals surface area contributed by atoms with E-state index >= 15 is 0 Å². The summed E-state index contributed by atoms with van der Waals surface area (Å²) in [6.07, 6.45) is -0.394. The Morgan fingerprint density at radius 3 is 2.78 bits per heavy atom. The monoisotopic (exact) mass is 369 g/mol. The van der Waals surface area contributed by atoms with Crippen LogP contribution in [0.2, 0.25) is 0 Å². The van der Waals surface area contributed by atoms with Gasteiger partial charge in [-0.1, -0.05) is 24.3 Å². The van der Waals surface area contributed by atoms with Gasteiger partial charge in [0.25, 0.3) is 5.91 Å². The first-order chi connectivity index (χ1) is 13.0. The molecule has 1 N–H and O–H groups in total. The molecule has 2 unspecified atom stereocenters. The maximum atomic E-state index is 12.4. The van der Waals surface area contributed by atoms with E-state index in [4.69, 9.17) is 14.2 Å². The Kier molecular flexibility index (Phi) is 5.64. The molecule has 6 heteroatoms. The molecule has 0 bridgehead atoms. The zero-order valence-electron chi connectivity index (χ0n) is 15.7. The van der Waals surface area contributed by atoms with E-state index in [9.17, 15) is 9.59 Å². The van der Waals surface area contributed by atoms with Gasteiger partial charge in [-0.25, -0.2) is 0 Å². The quantitative estimate of drug-likeness (QED) is 0.820. The van der Waals surface area contributed by atoms with Gasteiger partial charge in [0.2, 0.25) is 0 Å². The van der Waals surface area contributed by atoms with Crippen LogP contribution in [0.5, 0.6) is 11.5 Å². The van der Waals surface area contributed by atoms with E-state index in [0.717, 1.165) is 16.9 Å². The van der Waals surface area contributed by atoms with E-state index in [1.54, 1.807) is 19.1 Å². The summed E-state index contributed by atoms with van der Waals surface area (Å²) in [6.45, 7) is 3.71. The molecule has 0 aromatic heterocycles. The van der Waals surface area contributed by atoms with E-state index in [1.807, 2.05) is 37.3 Å². The van der Waals surface area contributed by atoms with Gasteiger partial charge < -0.3 is 19.5 Å². The first-order valence-corrected chi connectivity index (χ1v) is 8.84. The minimum Gasteiger partial charge on any atom is -0.495 e. The SMILES string of the molecule is COc1ccc(C)cc1NC(=O)C(C)OC(=O)C1COc2ccccc2C1. The van der Waals surface area contributed by atoms with Crippen LogP contribution in [0.4, 0.5) is 5.69 Å². The predicted octanol–water partition coefficient (Wildman–Crippen LogP) is 3.13. The number of carbonyl (C=O) groups is 2. The lowest BCUT2D eigenvalue weighted by atomic mass is 9.97. The van der Waals surface area contributed by atoms with E-state index in [-0.39, 0.29) is 6.61 Å². The maximum absolute atomic E-state index is 12.4. The minimum absolute atomic E-state index is 0.246. The number of carbonyl (C=O) groups excluding carboxylic acids is 2. The van der Waals surface area contributed by atoms with Crippen LogP contribution in [0.3, 0.4) is 0 Å². The van der Waals surface area contributed by atoms with Crippen molar-refractivity contribution in [3.05, 3.63) is 53.6 Å². The number of amides is 1. The standard InChI is InChI=1S/C21H23NO5/c1-13-8-9-19(25-3)17(10-13)22-20(23)14(2)27-21(24)16-11-15-6-4-5-7-18(15)26-12-16/h4-10,14,16H,11-12H2,1-3H3,(H,22,23). The molecule has 0 saturated carbocycles. The molecule has 1 aliphatic rings. The summed E-state index contributed by atoms with van der Waals surface area (Å²) >= 11 is 0. The fourth-order valence-corrected chi connectivity index (χ4v) is 2.96. The molecule has 0 fully saturated rings. The average molecular weight is 369 g/mol. The van der Waals surface area contributed by atoms with Crippen LogP contribution in [0, 0.1) is 12.8 Å². The number of hydrogen-bond donors (Lipinski definition) is 1. The molecule has 3 rings (SSSR count). The molecule has 142 valence electrons. The Labute approximate surface area is 158 Å². The topological polar surface area (TPSA) is 73.9 Å². The van der Waals surface area contributed by atoms with Crippen LogP contribution < -0.4 is 14.8 Å². The molecule has 2 aromatic carbocycles. The first kappa shape index (κ1) is 18.8. The Morgan fingerprint density at radius 1 is 1.22 bits per heavy atom. The number of esters is 1. The Bertz CT molecular complexity index is 848. The number of anilines is 1. The van der Waals surface area contributed by atoms with Crippen molar-refractivity contribution in [2.75, 3.05) is 19.0 Å². The van der Waals surface area contributed by atoms with Crippen molar-refractivity contribution >= 4 is 17.6 Å². The highest BCUT2D eigenvalue weighted by atomic mass is 16.6. The largest absolute Gasteiger partial charge is 0.495 e. The van der Waals surface area contributed by atoms with Crippen molar-refractivity contribution in [1.82, 2.24) is 0 Å². The van der Waals surface area contributed by atoms with Crippen LogP contribution in [0.15, 0.2) is 42.5 Å². The molecule has 0 radical (unpaired) electrons. The summed E-state index contributed by atoms with van der Waals surface area (Å²) in [5, 5.41) is 2.75. The second-order valence-electron chi connectivity index (χ2n) is 6.59. The highest BCUT2D eigenvalue weighted by Gasteiger charge is 2.29. The maximum Gasteiger partial charge on any atom is 0.313 e. The molecule has 2 atom stereocenters. The van der Waals surface area contributed by atoms with Crippen LogP contribution in [-0.2, 0) is 20.7 Å². The van der Waals surface area contributed by atoms with Gasteiger partial charge >= 0.3 is 5.97 Å². The summed E-state index contributed by atoms with van der Waals surface area (Å²) in [5.41, 5.74) is 2.49. The van der Waals surface area contributed by atoms with Crippen LogP contribution in [-0.4, -0.2) is 31.7 Å². The van der Waals surface area contributed by atoms with Crippen molar-refractivity contribution in [3.63, 3.8) is 0 Å². The Hall–Kier alpha value is -3.02. The van der Waals surface area contributed by atoms with E-state index < -0.39 is 23.9 Å². The number of benzene rings is 2. The average Bonchev–Trinajstić information content (AvgIpc) is 2.67. The predicted molar refractivity (Wildman–Crippen MR) is 101 cm³/mol. The zero-order valence-corrected chi connectivity index (χ0v) is 15.7. The number of methoxy groups -OCH3 is 1. The smallest absolute Gasteiger partial charge is 0.313 e. The number of ether oxygens (including phenoxy) is 3. The number of nitrogens with one attached hydrogen (secondary N) is 1. The van der Waals surface area contributed by atoms with E-state index in [0.29, 0.717) is 17.9 Å². The van der Waals surface area contributed by atoms with Gasteiger partial charge in [-0.05, 0) is 49.6 Å². The van der Waals surface area contributed by atoms with Gasteiger partial charge in [0.15, 0.2) is 6.10 Å². The molecule has 27 heavy (non-hydrogen) atoms. The minimum atomic E-state index is -0.931. The zero-order chi connectivity index (χ0) is 19.4. The third-order valence-electron chi connectivity index (χ3n) is 4.49. The number of hydrogen-bond acceptors (Lipinski definition) is 5. The molecule has 1 amide bonds. The lowest BCUT2D eigenvalue weighted by molar-refractivity contribution is -0.158. The fraction of sp³-hybridized carbons (Fsp3) is 0.333. The van der Waals surface area contributed by atoms with Crippen LogP contribution >= 0.6 is 0 Å². The summed E-state index contributed by atoms with van der Waals surface area (Å²) < 4.78 is 16.2. The van der Waals surface area contributed by atoms with Crippen molar-refractivity contribution in [2.24, 2.45) is 5.92 Å². The molecule has 2 aromatic rings. The number of aryl methyl sites for hydroxylation is 1. The highest BCUT2D eigenvalue weighted by Crippen LogP contribution is 2.28. The third kappa shape index (κ3) is 4.39. The Morgan fingerprint density at radius 2 is 2.00 bits per heavy atom. The number of para-hydroxylation sites is 1. The van der Waals surface area contributed by atoms with Crippen molar-refractivity contribution < 1.29 is 23.8 Å². The lowest BCUT2D eigenvalue weighted by Crippen LogP contribution is -2.36. The van der Waals surface area contributed by atoms with Crippen molar-refractivity contribution in [2.45, 2.75) is 26.4 Å². The van der Waals surface area contributed by atoms with Gasteiger partial charge in [-0.15, -0.1) is 0 Å². The Balaban J connectivity index is 1.60.